The molecule has 1 aliphatic rings. The van der Waals surface area contributed by atoms with Crippen molar-refractivity contribution < 1.29 is 22.5 Å². The van der Waals surface area contributed by atoms with Crippen LogP contribution in [0, 0.1) is 15.9 Å². The standard InChI is InChI=1S/C12H11F4N5O2/c13-8-3-7(12(14,15)16)2-1-6(8)4-11(18)19-5-9(21(22)23)10(17)20-11/h1-3,5,19H,4,18H2,(H2,17,20). The maximum Gasteiger partial charge on any atom is 0.416 e. The van der Waals surface area contributed by atoms with Gasteiger partial charge in [0.1, 0.15) is 5.82 Å². The second-order valence-corrected chi connectivity index (χ2v) is 4.83. The summed E-state index contributed by atoms with van der Waals surface area (Å²) < 4.78 is 51.3. The predicted molar refractivity (Wildman–Crippen MR) is 71.9 cm³/mol. The van der Waals surface area contributed by atoms with Gasteiger partial charge in [-0.25, -0.2) is 9.38 Å². The van der Waals surface area contributed by atoms with Crippen LogP contribution in [0.2, 0.25) is 0 Å². The number of benzene rings is 1. The number of nitrogens with zero attached hydrogens (tertiary/aromatic N) is 2. The molecule has 0 amide bonds. The van der Waals surface area contributed by atoms with E-state index >= 15 is 0 Å². The van der Waals surface area contributed by atoms with Gasteiger partial charge in [-0.15, -0.1) is 0 Å². The molecule has 1 heterocycles. The number of aliphatic imine (C=N–C) groups is 1. The van der Waals surface area contributed by atoms with E-state index in [-0.39, 0.29) is 12.0 Å². The number of halogens is 4. The summed E-state index contributed by atoms with van der Waals surface area (Å²) in [5.41, 5.74) is 9.40. The van der Waals surface area contributed by atoms with Gasteiger partial charge in [0.25, 0.3) is 0 Å². The van der Waals surface area contributed by atoms with Gasteiger partial charge >= 0.3 is 11.9 Å². The lowest BCUT2D eigenvalue weighted by Crippen LogP contribution is -2.55. The summed E-state index contributed by atoms with van der Waals surface area (Å²) >= 11 is 0. The minimum Gasteiger partial charge on any atom is -0.378 e. The molecule has 1 aromatic rings. The maximum absolute atomic E-state index is 13.8. The van der Waals surface area contributed by atoms with E-state index in [2.05, 4.69) is 10.3 Å². The lowest BCUT2D eigenvalue weighted by Gasteiger charge is -2.28. The molecule has 2 rings (SSSR count). The third-order valence-corrected chi connectivity index (χ3v) is 3.08. The molecule has 124 valence electrons. The minimum atomic E-state index is -4.67. The monoisotopic (exact) mass is 333 g/mol. The normalized spacial score (nSPS) is 21.3. The quantitative estimate of drug-likeness (QED) is 0.434. The largest absolute Gasteiger partial charge is 0.416 e. The fraction of sp³-hybridized carbons (Fsp3) is 0.250. The highest BCUT2D eigenvalue weighted by molar-refractivity contribution is 5.95. The molecule has 0 saturated heterocycles. The van der Waals surface area contributed by atoms with Crippen LogP contribution in [0.3, 0.4) is 0 Å². The number of amidine groups is 1. The molecule has 1 unspecified atom stereocenters. The Morgan fingerprint density at radius 3 is 2.52 bits per heavy atom. The first-order valence-corrected chi connectivity index (χ1v) is 6.14. The second-order valence-electron chi connectivity index (χ2n) is 4.83. The van der Waals surface area contributed by atoms with Gasteiger partial charge in [0, 0.05) is 6.42 Å². The van der Waals surface area contributed by atoms with Crippen molar-refractivity contribution in [3.8, 4) is 0 Å². The molecule has 0 fully saturated rings. The first-order valence-electron chi connectivity index (χ1n) is 6.14. The molecule has 0 spiro atoms. The fourth-order valence-electron chi connectivity index (χ4n) is 1.97. The fourth-order valence-corrected chi connectivity index (χ4v) is 1.97. The first-order chi connectivity index (χ1) is 10.5. The van der Waals surface area contributed by atoms with Crippen LogP contribution in [-0.2, 0) is 12.6 Å². The van der Waals surface area contributed by atoms with E-state index in [9.17, 15) is 27.7 Å². The summed E-state index contributed by atoms with van der Waals surface area (Å²) in [7, 11) is 0. The number of hydrogen-bond donors (Lipinski definition) is 3. The lowest BCUT2D eigenvalue weighted by atomic mass is 10.0. The topological polar surface area (TPSA) is 120 Å². The van der Waals surface area contributed by atoms with Gasteiger partial charge in [0.2, 0.25) is 5.84 Å². The van der Waals surface area contributed by atoms with E-state index in [4.69, 9.17) is 11.5 Å². The van der Waals surface area contributed by atoms with Crippen molar-refractivity contribution in [3.05, 3.63) is 57.2 Å². The smallest absolute Gasteiger partial charge is 0.378 e. The number of nitrogens with two attached hydrogens (primary N) is 2. The van der Waals surface area contributed by atoms with E-state index in [1.54, 1.807) is 0 Å². The number of nitro groups is 1. The van der Waals surface area contributed by atoms with Crippen LogP contribution < -0.4 is 16.8 Å². The molecular weight excluding hydrogens is 322 g/mol. The molecule has 1 aliphatic heterocycles. The highest BCUT2D eigenvalue weighted by atomic mass is 19.4. The molecule has 0 aromatic heterocycles. The molecule has 23 heavy (non-hydrogen) atoms. The molecule has 1 atom stereocenters. The summed E-state index contributed by atoms with van der Waals surface area (Å²) in [6.07, 6.45) is -4.13. The number of alkyl halides is 3. The SMILES string of the molecule is NC1=NC(N)(Cc2ccc(C(F)(F)F)cc2F)NC=C1[N+](=O)[O-]. The van der Waals surface area contributed by atoms with Gasteiger partial charge in [-0.2, -0.15) is 13.2 Å². The molecular formula is C12H11F4N5O2. The summed E-state index contributed by atoms with van der Waals surface area (Å²) in [6.45, 7) is 0. The molecule has 0 radical (unpaired) electrons. The summed E-state index contributed by atoms with van der Waals surface area (Å²) in [5.74, 6) is -3.29. The Balaban J connectivity index is 2.25. The Morgan fingerprint density at radius 1 is 1.39 bits per heavy atom. The van der Waals surface area contributed by atoms with E-state index < -0.39 is 39.8 Å². The number of rotatable bonds is 3. The Hall–Kier alpha value is -2.69. The second kappa shape index (κ2) is 5.50. The zero-order valence-electron chi connectivity index (χ0n) is 11.4. The highest BCUT2D eigenvalue weighted by Crippen LogP contribution is 2.30. The summed E-state index contributed by atoms with van der Waals surface area (Å²) in [4.78, 5) is 13.5. The zero-order chi connectivity index (χ0) is 17.4. The molecule has 11 heteroatoms. The van der Waals surface area contributed by atoms with Crippen molar-refractivity contribution in [2.24, 2.45) is 16.5 Å². The molecule has 1 aromatic carbocycles. The van der Waals surface area contributed by atoms with Crippen LogP contribution in [0.5, 0.6) is 0 Å². The summed E-state index contributed by atoms with van der Waals surface area (Å²) in [5, 5.41) is 13.0. The van der Waals surface area contributed by atoms with Gasteiger partial charge in [-0.05, 0) is 17.7 Å². The molecule has 0 aliphatic carbocycles. The summed E-state index contributed by atoms with van der Waals surface area (Å²) in [6, 6.07) is 1.97. The van der Waals surface area contributed by atoms with Crippen LogP contribution in [0.15, 0.2) is 35.1 Å². The van der Waals surface area contributed by atoms with Crippen LogP contribution >= 0.6 is 0 Å². The van der Waals surface area contributed by atoms with E-state index in [1.165, 1.54) is 0 Å². The van der Waals surface area contributed by atoms with Crippen molar-refractivity contribution >= 4 is 5.84 Å². The van der Waals surface area contributed by atoms with E-state index in [0.29, 0.717) is 12.1 Å². The minimum absolute atomic E-state index is 0.150. The van der Waals surface area contributed by atoms with E-state index in [1.807, 2.05) is 0 Å². The van der Waals surface area contributed by atoms with Gasteiger partial charge in [0.15, 0.2) is 5.79 Å². The third kappa shape index (κ3) is 3.56. The Labute approximate surface area is 126 Å². The van der Waals surface area contributed by atoms with Gasteiger partial charge in [-0.3, -0.25) is 15.8 Å². The van der Waals surface area contributed by atoms with Crippen LogP contribution in [0.25, 0.3) is 0 Å². The first kappa shape index (κ1) is 16.7. The van der Waals surface area contributed by atoms with Gasteiger partial charge in [-0.1, -0.05) is 6.07 Å². The van der Waals surface area contributed by atoms with Crippen molar-refractivity contribution in [2.75, 3.05) is 0 Å². The maximum atomic E-state index is 13.8. The molecule has 5 N–H and O–H groups in total. The van der Waals surface area contributed by atoms with E-state index in [0.717, 1.165) is 12.3 Å². The third-order valence-electron chi connectivity index (χ3n) is 3.08. The average molecular weight is 333 g/mol. The van der Waals surface area contributed by atoms with Crippen LogP contribution in [0.4, 0.5) is 17.6 Å². The Kier molecular flexibility index (Phi) is 3.99. The van der Waals surface area contributed by atoms with Crippen LogP contribution in [-0.4, -0.2) is 16.5 Å². The molecule has 7 nitrogen and oxygen atoms in total. The lowest BCUT2D eigenvalue weighted by molar-refractivity contribution is -0.416. The van der Waals surface area contributed by atoms with Gasteiger partial charge in [0.05, 0.1) is 16.7 Å². The van der Waals surface area contributed by atoms with Crippen molar-refractivity contribution in [1.82, 2.24) is 5.32 Å². The highest BCUT2D eigenvalue weighted by Gasteiger charge is 2.34. The Bertz CT molecular complexity index is 716. The average Bonchev–Trinajstić information content (AvgIpc) is 2.39. The number of nitrogens with one attached hydrogen (secondary N) is 1. The Morgan fingerprint density at radius 2 is 2.04 bits per heavy atom. The van der Waals surface area contributed by atoms with Crippen molar-refractivity contribution in [2.45, 2.75) is 18.4 Å². The van der Waals surface area contributed by atoms with Gasteiger partial charge < -0.3 is 11.1 Å². The van der Waals surface area contributed by atoms with Crippen LogP contribution in [0.1, 0.15) is 11.1 Å². The predicted octanol–water partition coefficient (Wildman–Crippen LogP) is 1.08. The molecule has 0 bridgehead atoms. The zero-order valence-corrected chi connectivity index (χ0v) is 11.4. The number of hydrogen-bond acceptors (Lipinski definition) is 6. The molecule has 0 saturated carbocycles. The van der Waals surface area contributed by atoms with Crippen molar-refractivity contribution in [1.29, 1.82) is 0 Å². The van der Waals surface area contributed by atoms with Crippen molar-refractivity contribution in [3.63, 3.8) is 0 Å².